The molecule has 4 rings (SSSR count). The van der Waals surface area contributed by atoms with Crippen molar-refractivity contribution in [1.82, 2.24) is 19.7 Å². The average molecular weight is 433 g/mol. The zero-order valence-corrected chi connectivity index (χ0v) is 19.3. The summed E-state index contributed by atoms with van der Waals surface area (Å²) in [5, 5.41) is 7.79. The lowest BCUT2D eigenvalue weighted by molar-refractivity contribution is -0.116. The zero-order valence-electron chi connectivity index (χ0n) is 19.3. The quantitative estimate of drug-likeness (QED) is 0.599. The molecule has 0 saturated carbocycles. The van der Waals surface area contributed by atoms with Gasteiger partial charge in [0.2, 0.25) is 5.91 Å². The summed E-state index contributed by atoms with van der Waals surface area (Å²) in [5.74, 6) is 1.75. The van der Waals surface area contributed by atoms with Gasteiger partial charge in [-0.15, -0.1) is 0 Å². The van der Waals surface area contributed by atoms with E-state index in [-0.39, 0.29) is 5.91 Å². The number of hydrogen-bond donors (Lipinski definition) is 1. The summed E-state index contributed by atoms with van der Waals surface area (Å²) < 4.78 is 1.88. The second kappa shape index (κ2) is 9.94. The molecule has 7 nitrogen and oxygen atoms in total. The maximum absolute atomic E-state index is 12.6. The van der Waals surface area contributed by atoms with Crippen LogP contribution < -0.4 is 10.2 Å². The maximum atomic E-state index is 12.6. The lowest BCUT2D eigenvalue weighted by Gasteiger charge is -2.27. The Morgan fingerprint density at radius 1 is 1.06 bits per heavy atom. The van der Waals surface area contributed by atoms with Gasteiger partial charge in [-0.05, 0) is 63.1 Å². The third-order valence-corrected chi connectivity index (χ3v) is 6.25. The van der Waals surface area contributed by atoms with Crippen LogP contribution in [0.5, 0.6) is 0 Å². The number of nitrogens with zero attached hydrogens (tertiary/aromatic N) is 5. The predicted octanol–water partition coefficient (Wildman–Crippen LogP) is 4.40. The van der Waals surface area contributed by atoms with Crippen molar-refractivity contribution in [3.05, 3.63) is 59.2 Å². The lowest BCUT2D eigenvalue weighted by Crippen LogP contribution is -2.30. The van der Waals surface area contributed by atoms with E-state index in [1.807, 2.05) is 48.9 Å². The molecule has 168 valence electrons. The number of nitrogens with one attached hydrogen (secondary N) is 1. The fourth-order valence-corrected chi connectivity index (χ4v) is 4.41. The number of aromatic nitrogens is 4. The molecule has 0 radical (unpaired) electrons. The third-order valence-electron chi connectivity index (χ3n) is 6.25. The Bertz CT molecular complexity index is 1080. The standard InChI is InChI=1S/C25H32N6O/c1-4-20-10-6-7-11-22(20)28-25(32)13-12-21-18(2)29-31(19(21)3)24-16-23(26-17-27-24)30-14-8-5-9-15-30/h6-7,10-11,16-17H,4-5,8-9,12-15H2,1-3H3,(H,28,32). The van der Waals surface area contributed by atoms with E-state index < -0.39 is 0 Å². The van der Waals surface area contributed by atoms with Gasteiger partial charge in [0.1, 0.15) is 12.1 Å². The van der Waals surface area contributed by atoms with E-state index in [2.05, 4.69) is 27.1 Å². The second-order valence-electron chi connectivity index (χ2n) is 8.40. The number of carbonyl (C=O) groups excluding carboxylic acids is 1. The number of aryl methyl sites for hydroxylation is 2. The topological polar surface area (TPSA) is 75.9 Å². The number of hydrogen-bond acceptors (Lipinski definition) is 5. The maximum Gasteiger partial charge on any atom is 0.224 e. The van der Waals surface area contributed by atoms with Crippen molar-refractivity contribution < 1.29 is 4.79 Å². The van der Waals surface area contributed by atoms with Crippen LogP contribution in [0.25, 0.3) is 5.82 Å². The van der Waals surface area contributed by atoms with Gasteiger partial charge < -0.3 is 10.2 Å². The number of benzene rings is 1. The SMILES string of the molecule is CCc1ccccc1NC(=O)CCc1c(C)nn(-c2cc(N3CCCCC3)ncn2)c1C. The van der Waals surface area contributed by atoms with Crippen LogP contribution in [-0.4, -0.2) is 38.7 Å². The average Bonchev–Trinajstić information content (AvgIpc) is 3.12. The predicted molar refractivity (Wildman–Crippen MR) is 127 cm³/mol. The summed E-state index contributed by atoms with van der Waals surface area (Å²) in [6.07, 6.45) is 7.25. The number of carbonyl (C=O) groups is 1. The summed E-state index contributed by atoms with van der Waals surface area (Å²) in [6.45, 7) is 8.21. The number of piperidine rings is 1. The molecule has 0 aliphatic carbocycles. The Balaban J connectivity index is 1.47. The van der Waals surface area contributed by atoms with Crippen LogP contribution >= 0.6 is 0 Å². The summed E-state index contributed by atoms with van der Waals surface area (Å²) in [5.41, 5.74) is 5.10. The molecule has 1 fully saturated rings. The largest absolute Gasteiger partial charge is 0.356 e. The Morgan fingerprint density at radius 2 is 1.81 bits per heavy atom. The van der Waals surface area contributed by atoms with Crippen LogP contribution in [0.15, 0.2) is 36.7 Å². The number of rotatable bonds is 7. The molecule has 1 amide bonds. The van der Waals surface area contributed by atoms with E-state index in [1.54, 1.807) is 6.33 Å². The molecule has 0 spiro atoms. The first-order chi connectivity index (χ1) is 15.6. The monoisotopic (exact) mass is 432 g/mol. The molecule has 7 heteroatoms. The van der Waals surface area contributed by atoms with Gasteiger partial charge in [-0.3, -0.25) is 4.79 Å². The molecule has 3 heterocycles. The van der Waals surface area contributed by atoms with Crippen molar-refractivity contribution in [3.8, 4) is 5.82 Å². The summed E-state index contributed by atoms with van der Waals surface area (Å²) in [6, 6.07) is 9.98. The van der Waals surface area contributed by atoms with E-state index in [4.69, 9.17) is 5.10 Å². The van der Waals surface area contributed by atoms with Crippen LogP contribution in [0.4, 0.5) is 11.5 Å². The van der Waals surface area contributed by atoms with Gasteiger partial charge in [0.05, 0.1) is 5.69 Å². The molecule has 0 atom stereocenters. The van der Waals surface area contributed by atoms with Gasteiger partial charge in [-0.2, -0.15) is 5.10 Å². The molecule has 1 N–H and O–H groups in total. The van der Waals surface area contributed by atoms with Crippen LogP contribution in [0.1, 0.15) is 55.1 Å². The Morgan fingerprint density at radius 3 is 2.59 bits per heavy atom. The molecular formula is C25H32N6O. The Labute approximate surface area is 189 Å². The molecule has 3 aromatic rings. The first-order valence-electron chi connectivity index (χ1n) is 11.6. The van der Waals surface area contributed by atoms with Gasteiger partial charge in [0, 0.05) is 37.0 Å². The molecule has 32 heavy (non-hydrogen) atoms. The molecule has 1 aliphatic rings. The van der Waals surface area contributed by atoms with Crippen LogP contribution in [-0.2, 0) is 17.6 Å². The fraction of sp³-hybridized carbons (Fsp3) is 0.440. The molecule has 1 aliphatic heterocycles. The molecular weight excluding hydrogens is 400 g/mol. The van der Waals surface area contributed by atoms with Crippen molar-refractivity contribution in [3.63, 3.8) is 0 Å². The molecule has 0 bridgehead atoms. The van der Waals surface area contributed by atoms with Gasteiger partial charge in [-0.25, -0.2) is 14.6 Å². The van der Waals surface area contributed by atoms with E-state index in [9.17, 15) is 4.79 Å². The smallest absolute Gasteiger partial charge is 0.224 e. The number of anilines is 2. The Hall–Kier alpha value is -3.22. The molecule has 1 saturated heterocycles. The zero-order chi connectivity index (χ0) is 22.5. The van der Waals surface area contributed by atoms with Gasteiger partial charge in [-0.1, -0.05) is 25.1 Å². The molecule has 0 unspecified atom stereocenters. The Kier molecular flexibility index (Phi) is 6.83. The van der Waals surface area contributed by atoms with Gasteiger partial charge in [0.25, 0.3) is 0 Å². The van der Waals surface area contributed by atoms with E-state index in [0.717, 1.165) is 59.3 Å². The van der Waals surface area contributed by atoms with Crippen molar-refractivity contribution in [1.29, 1.82) is 0 Å². The third kappa shape index (κ3) is 4.82. The highest BCUT2D eigenvalue weighted by Crippen LogP contribution is 2.23. The van der Waals surface area contributed by atoms with Crippen LogP contribution in [0, 0.1) is 13.8 Å². The highest BCUT2D eigenvalue weighted by molar-refractivity contribution is 5.91. The second-order valence-corrected chi connectivity index (χ2v) is 8.40. The molecule has 2 aromatic heterocycles. The number of para-hydroxylation sites is 1. The first-order valence-corrected chi connectivity index (χ1v) is 11.6. The lowest BCUT2D eigenvalue weighted by atomic mass is 10.1. The number of amides is 1. The first kappa shape index (κ1) is 22.0. The van der Waals surface area contributed by atoms with Crippen molar-refractivity contribution in [2.24, 2.45) is 0 Å². The van der Waals surface area contributed by atoms with Gasteiger partial charge in [0.15, 0.2) is 5.82 Å². The van der Waals surface area contributed by atoms with Gasteiger partial charge >= 0.3 is 0 Å². The minimum Gasteiger partial charge on any atom is -0.356 e. The highest BCUT2D eigenvalue weighted by atomic mass is 16.1. The molecule has 1 aromatic carbocycles. The van der Waals surface area contributed by atoms with Crippen molar-refractivity contribution >= 4 is 17.4 Å². The minimum absolute atomic E-state index is 0.0203. The van der Waals surface area contributed by atoms with Crippen molar-refractivity contribution in [2.75, 3.05) is 23.3 Å². The van der Waals surface area contributed by atoms with E-state index in [1.165, 1.54) is 19.3 Å². The van der Waals surface area contributed by atoms with Crippen LogP contribution in [0.2, 0.25) is 0 Å². The van der Waals surface area contributed by atoms with Crippen LogP contribution in [0.3, 0.4) is 0 Å². The normalized spacial score (nSPS) is 13.9. The highest BCUT2D eigenvalue weighted by Gasteiger charge is 2.18. The minimum atomic E-state index is 0.0203. The summed E-state index contributed by atoms with van der Waals surface area (Å²) >= 11 is 0. The fourth-order valence-electron chi connectivity index (χ4n) is 4.41. The van der Waals surface area contributed by atoms with E-state index >= 15 is 0 Å². The van der Waals surface area contributed by atoms with Crippen molar-refractivity contribution in [2.45, 2.75) is 59.3 Å². The summed E-state index contributed by atoms with van der Waals surface area (Å²) in [4.78, 5) is 23.9. The van der Waals surface area contributed by atoms with E-state index in [0.29, 0.717) is 12.8 Å². The summed E-state index contributed by atoms with van der Waals surface area (Å²) in [7, 11) is 0.